The van der Waals surface area contributed by atoms with E-state index in [0.29, 0.717) is 12.2 Å². The molecule has 0 unspecified atom stereocenters. The molecule has 6 heteroatoms. The predicted molar refractivity (Wildman–Crippen MR) is 76.1 cm³/mol. The predicted octanol–water partition coefficient (Wildman–Crippen LogP) is 2.63. The maximum atomic E-state index is 13.2. The third kappa shape index (κ3) is 5.26. The van der Waals surface area contributed by atoms with Crippen molar-refractivity contribution in [2.75, 3.05) is 11.9 Å². The Labute approximate surface area is 117 Å². The minimum Gasteiger partial charge on any atom is -0.366 e. The smallest absolute Gasteiger partial charge is 0.319 e. The van der Waals surface area contributed by atoms with Crippen LogP contribution in [0.1, 0.15) is 43.0 Å². The molecule has 4 N–H and O–H groups in total. The molecule has 1 aromatic rings. The Balaban J connectivity index is 2.46. The molecule has 1 rings (SSSR count). The van der Waals surface area contributed by atoms with Gasteiger partial charge in [0.25, 0.3) is 5.91 Å². The number of unbranched alkanes of at least 4 members (excludes halogenated alkanes) is 3. The molecule has 0 aliphatic heterocycles. The number of rotatable bonds is 7. The third-order valence-corrected chi connectivity index (χ3v) is 2.81. The van der Waals surface area contributed by atoms with E-state index in [-0.39, 0.29) is 11.6 Å². The monoisotopic (exact) mass is 281 g/mol. The standard InChI is InChI=1S/C14H20FN3O2/c1-2-3-4-5-8-17-14(20)18-10-6-7-12(15)11(9-10)13(16)19/h6-7,9H,2-5,8H2,1H3,(H2,16,19)(H2,17,18,20). The Hall–Kier alpha value is -2.11. The van der Waals surface area contributed by atoms with E-state index < -0.39 is 11.7 Å². The van der Waals surface area contributed by atoms with Crippen molar-refractivity contribution in [3.63, 3.8) is 0 Å². The van der Waals surface area contributed by atoms with Crippen LogP contribution in [0.3, 0.4) is 0 Å². The van der Waals surface area contributed by atoms with E-state index in [0.717, 1.165) is 31.7 Å². The summed E-state index contributed by atoms with van der Waals surface area (Å²) in [5.41, 5.74) is 5.11. The lowest BCUT2D eigenvalue weighted by atomic mass is 10.2. The largest absolute Gasteiger partial charge is 0.366 e. The third-order valence-electron chi connectivity index (χ3n) is 2.81. The molecule has 0 saturated heterocycles. The van der Waals surface area contributed by atoms with Gasteiger partial charge in [-0.25, -0.2) is 9.18 Å². The van der Waals surface area contributed by atoms with Crippen LogP contribution in [0.4, 0.5) is 14.9 Å². The molecular weight excluding hydrogens is 261 g/mol. The summed E-state index contributed by atoms with van der Waals surface area (Å²) in [4.78, 5) is 22.6. The topological polar surface area (TPSA) is 84.2 Å². The Bertz CT molecular complexity index is 477. The molecular formula is C14H20FN3O2. The second kappa shape index (κ2) is 8.14. The molecule has 5 nitrogen and oxygen atoms in total. The normalized spacial score (nSPS) is 10.1. The molecule has 0 saturated carbocycles. The van der Waals surface area contributed by atoms with Gasteiger partial charge >= 0.3 is 6.03 Å². The van der Waals surface area contributed by atoms with Gasteiger partial charge in [0.05, 0.1) is 5.56 Å². The van der Waals surface area contributed by atoms with Crippen molar-refractivity contribution in [2.45, 2.75) is 32.6 Å². The van der Waals surface area contributed by atoms with Gasteiger partial charge in [0.15, 0.2) is 0 Å². The second-order valence-electron chi connectivity index (χ2n) is 4.50. The number of amides is 3. The summed E-state index contributed by atoms with van der Waals surface area (Å²) < 4.78 is 13.2. The van der Waals surface area contributed by atoms with Crippen molar-refractivity contribution in [3.05, 3.63) is 29.6 Å². The average Bonchev–Trinajstić information content (AvgIpc) is 2.40. The number of primary amides is 1. The number of carbonyl (C=O) groups is 2. The Morgan fingerprint density at radius 3 is 2.65 bits per heavy atom. The fraction of sp³-hybridized carbons (Fsp3) is 0.429. The highest BCUT2D eigenvalue weighted by atomic mass is 19.1. The molecule has 20 heavy (non-hydrogen) atoms. The number of urea groups is 1. The van der Waals surface area contributed by atoms with E-state index in [4.69, 9.17) is 5.73 Å². The number of benzene rings is 1. The first kappa shape index (κ1) is 15.9. The lowest BCUT2D eigenvalue weighted by Crippen LogP contribution is -2.29. The summed E-state index contributed by atoms with van der Waals surface area (Å²) in [6, 6.07) is 3.30. The van der Waals surface area contributed by atoms with Crippen molar-refractivity contribution < 1.29 is 14.0 Å². The van der Waals surface area contributed by atoms with E-state index in [9.17, 15) is 14.0 Å². The Morgan fingerprint density at radius 2 is 2.00 bits per heavy atom. The zero-order valence-electron chi connectivity index (χ0n) is 11.5. The fourth-order valence-corrected chi connectivity index (χ4v) is 1.72. The number of anilines is 1. The molecule has 0 fully saturated rings. The maximum Gasteiger partial charge on any atom is 0.319 e. The summed E-state index contributed by atoms with van der Waals surface area (Å²) in [6.45, 7) is 2.70. The van der Waals surface area contributed by atoms with Gasteiger partial charge in [0.1, 0.15) is 5.82 Å². The quantitative estimate of drug-likeness (QED) is 0.671. The number of nitrogens with two attached hydrogens (primary N) is 1. The van der Waals surface area contributed by atoms with Crippen LogP contribution in [0, 0.1) is 5.82 Å². The lowest BCUT2D eigenvalue weighted by molar-refractivity contribution is 0.0996. The van der Waals surface area contributed by atoms with Crippen LogP contribution in [0.5, 0.6) is 0 Å². The average molecular weight is 281 g/mol. The molecule has 0 aromatic heterocycles. The minimum atomic E-state index is -0.869. The molecule has 0 bridgehead atoms. The lowest BCUT2D eigenvalue weighted by Gasteiger charge is -2.08. The molecule has 0 spiro atoms. The first-order valence-corrected chi connectivity index (χ1v) is 6.68. The summed E-state index contributed by atoms with van der Waals surface area (Å²) in [7, 11) is 0. The van der Waals surface area contributed by atoms with Crippen molar-refractivity contribution >= 4 is 17.6 Å². The highest BCUT2D eigenvalue weighted by molar-refractivity contribution is 5.96. The van der Waals surface area contributed by atoms with Gasteiger partial charge in [-0.05, 0) is 24.6 Å². The van der Waals surface area contributed by atoms with Gasteiger partial charge in [-0.1, -0.05) is 26.2 Å². The zero-order chi connectivity index (χ0) is 15.0. The molecule has 0 radical (unpaired) electrons. The highest BCUT2D eigenvalue weighted by Crippen LogP contribution is 2.14. The fourth-order valence-electron chi connectivity index (χ4n) is 1.72. The van der Waals surface area contributed by atoms with Crippen LogP contribution >= 0.6 is 0 Å². The summed E-state index contributed by atoms with van der Waals surface area (Å²) in [6.07, 6.45) is 4.26. The number of hydrogen-bond donors (Lipinski definition) is 3. The highest BCUT2D eigenvalue weighted by Gasteiger charge is 2.10. The van der Waals surface area contributed by atoms with E-state index in [1.54, 1.807) is 0 Å². The molecule has 0 aliphatic carbocycles. The van der Waals surface area contributed by atoms with Gasteiger partial charge in [-0.15, -0.1) is 0 Å². The number of halogens is 1. The van der Waals surface area contributed by atoms with Crippen molar-refractivity contribution in [2.24, 2.45) is 5.73 Å². The van der Waals surface area contributed by atoms with Gasteiger partial charge in [0, 0.05) is 12.2 Å². The van der Waals surface area contributed by atoms with Crippen molar-refractivity contribution in [3.8, 4) is 0 Å². The van der Waals surface area contributed by atoms with E-state index in [2.05, 4.69) is 17.6 Å². The summed E-state index contributed by atoms with van der Waals surface area (Å²) in [5.74, 6) is -1.57. The van der Waals surface area contributed by atoms with Gasteiger partial charge in [0.2, 0.25) is 0 Å². The van der Waals surface area contributed by atoms with Crippen molar-refractivity contribution in [1.82, 2.24) is 5.32 Å². The van der Waals surface area contributed by atoms with E-state index in [1.165, 1.54) is 12.1 Å². The summed E-state index contributed by atoms with van der Waals surface area (Å²) in [5, 5.41) is 5.22. The molecule has 0 heterocycles. The van der Waals surface area contributed by atoms with Gasteiger partial charge in [-0.2, -0.15) is 0 Å². The maximum absolute atomic E-state index is 13.2. The molecule has 0 aliphatic rings. The Morgan fingerprint density at radius 1 is 1.25 bits per heavy atom. The first-order chi connectivity index (χ1) is 9.54. The van der Waals surface area contributed by atoms with Crippen LogP contribution in [-0.2, 0) is 0 Å². The van der Waals surface area contributed by atoms with Crippen LogP contribution < -0.4 is 16.4 Å². The second-order valence-corrected chi connectivity index (χ2v) is 4.50. The number of carbonyl (C=O) groups excluding carboxylic acids is 2. The molecule has 1 aromatic carbocycles. The van der Waals surface area contributed by atoms with Crippen LogP contribution in [0.15, 0.2) is 18.2 Å². The van der Waals surface area contributed by atoms with Gasteiger partial charge < -0.3 is 16.4 Å². The zero-order valence-corrected chi connectivity index (χ0v) is 11.5. The summed E-state index contributed by atoms with van der Waals surface area (Å²) >= 11 is 0. The van der Waals surface area contributed by atoms with E-state index in [1.807, 2.05) is 0 Å². The van der Waals surface area contributed by atoms with E-state index >= 15 is 0 Å². The number of nitrogens with one attached hydrogen (secondary N) is 2. The molecule has 3 amide bonds. The SMILES string of the molecule is CCCCCCNC(=O)Nc1ccc(F)c(C(N)=O)c1. The molecule has 0 atom stereocenters. The van der Waals surface area contributed by atoms with Crippen LogP contribution in [0.25, 0.3) is 0 Å². The number of hydrogen-bond acceptors (Lipinski definition) is 2. The minimum absolute atomic E-state index is 0.245. The first-order valence-electron chi connectivity index (χ1n) is 6.68. The van der Waals surface area contributed by atoms with Crippen LogP contribution in [-0.4, -0.2) is 18.5 Å². The van der Waals surface area contributed by atoms with Crippen molar-refractivity contribution in [1.29, 1.82) is 0 Å². The Kier molecular flexibility index (Phi) is 6.49. The van der Waals surface area contributed by atoms with Gasteiger partial charge in [-0.3, -0.25) is 4.79 Å². The molecule has 110 valence electrons. The van der Waals surface area contributed by atoms with Crippen LogP contribution in [0.2, 0.25) is 0 Å².